The largest absolute Gasteiger partial charge is 0.481 e. The molecule has 2 fully saturated rings. The topological polar surface area (TPSA) is 99.1 Å². The molecule has 2 heterocycles. The SMILES string of the molecule is CCCCCCCCCCOC(=O)CC(CCCCC)(C(=O)O)C1CCOC2(CCC3(C=CC(=O)C=C3)O2)C1. The fourth-order valence-corrected chi connectivity index (χ4v) is 6.48. The second kappa shape index (κ2) is 15.1. The summed E-state index contributed by atoms with van der Waals surface area (Å²) in [4.78, 5) is 37.7. The molecule has 0 amide bonds. The second-order valence-electron chi connectivity index (χ2n) is 11.9. The Labute approximate surface area is 234 Å². The van der Waals surface area contributed by atoms with E-state index in [1.807, 2.05) is 0 Å². The molecule has 3 rings (SSSR count). The van der Waals surface area contributed by atoms with E-state index in [2.05, 4.69) is 13.8 Å². The molecule has 7 heteroatoms. The first-order chi connectivity index (χ1) is 18.8. The number of unbranched alkanes of at least 4 members (excludes halogenated alkanes) is 9. The van der Waals surface area contributed by atoms with Crippen LogP contribution in [0, 0.1) is 11.3 Å². The Bertz CT molecular complexity index is 862. The Morgan fingerprint density at radius 2 is 1.62 bits per heavy atom. The minimum absolute atomic E-state index is 0.0704. The summed E-state index contributed by atoms with van der Waals surface area (Å²) in [7, 11) is 0. The number of esters is 1. The predicted molar refractivity (Wildman–Crippen MR) is 150 cm³/mol. The van der Waals surface area contributed by atoms with E-state index in [-0.39, 0.29) is 18.1 Å². The van der Waals surface area contributed by atoms with Crippen LogP contribution >= 0.6 is 0 Å². The zero-order valence-corrected chi connectivity index (χ0v) is 24.2. The van der Waals surface area contributed by atoms with Crippen molar-refractivity contribution >= 4 is 17.7 Å². The summed E-state index contributed by atoms with van der Waals surface area (Å²) in [6.45, 7) is 5.03. The predicted octanol–water partition coefficient (Wildman–Crippen LogP) is 7.08. The smallest absolute Gasteiger partial charge is 0.310 e. The number of hydrogen-bond acceptors (Lipinski definition) is 6. The van der Waals surface area contributed by atoms with E-state index < -0.39 is 28.7 Å². The van der Waals surface area contributed by atoms with E-state index in [1.54, 1.807) is 12.2 Å². The number of allylic oxidation sites excluding steroid dienone is 2. The Hall–Kier alpha value is -1.99. The quantitative estimate of drug-likeness (QED) is 0.154. The third-order valence-corrected chi connectivity index (χ3v) is 8.88. The van der Waals surface area contributed by atoms with Gasteiger partial charge in [0, 0.05) is 12.8 Å². The highest BCUT2D eigenvalue weighted by Crippen LogP contribution is 2.52. The van der Waals surface area contributed by atoms with Gasteiger partial charge in [0.25, 0.3) is 0 Å². The van der Waals surface area contributed by atoms with E-state index in [4.69, 9.17) is 14.2 Å². The maximum absolute atomic E-state index is 13.0. The molecule has 1 aliphatic carbocycles. The summed E-state index contributed by atoms with van der Waals surface area (Å²) in [5.74, 6) is -2.60. The summed E-state index contributed by atoms with van der Waals surface area (Å²) in [6, 6.07) is 0. The van der Waals surface area contributed by atoms with Crippen LogP contribution in [0.15, 0.2) is 24.3 Å². The Morgan fingerprint density at radius 1 is 0.974 bits per heavy atom. The minimum atomic E-state index is -1.21. The lowest BCUT2D eigenvalue weighted by Gasteiger charge is -2.45. The van der Waals surface area contributed by atoms with Crippen LogP contribution in [0.2, 0.25) is 0 Å². The monoisotopic (exact) mass is 546 g/mol. The van der Waals surface area contributed by atoms with E-state index >= 15 is 0 Å². The molecule has 0 aromatic rings. The molecule has 0 radical (unpaired) electrons. The highest BCUT2D eigenvalue weighted by molar-refractivity contribution is 6.00. The molecular formula is C32H50O7. The summed E-state index contributed by atoms with van der Waals surface area (Å²) in [5, 5.41) is 10.6. The molecule has 0 aromatic heterocycles. The lowest BCUT2D eigenvalue weighted by Crippen LogP contribution is -2.50. The molecule has 0 saturated carbocycles. The molecule has 2 saturated heterocycles. The highest BCUT2D eigenvalue weighted by atomic mass is 16.7. The minimum Gasteiger partial charge on any atom is -0.481 e. The van der Waals surface area contributed by atoms with Crippen LogP contribution in [0.5, 0.6) is 0 Å². The summed E-state index contributed by atoms with van der Waals surface area (Å²) >= 11 is 0. The van der Waals surface area contributed by atoms with Crippen molar-refractivity contribution in [2.24, 2.45) is 11.3 Å². The Kier molecular flexibility index (Phi) is 12.2. The first kappa shape index (κ1) is 31.5. The zero-order chi connectivity index (χ0) is 28.2. The van der Waals surface area contributed by atoms with Gasteiger partial charge < -0.3 is 19.3 Å². The molecule has 0 bridgehead atoms. The molecule has 3 aliphatic rings. The number of ether oxygens (including phenoxy) is 3. The fourth-order valence-electron chi connectivity index (χ4n) is 6.48. The molecular weight excluding hydrogens is 496 g/mol. The number of carbonyl (C=O) groups is 3. The van der Waals surface area contributed by atoms with E-state index in [0.29, 0.717) is 45.3 Å². The first-order valence-electron chi connectivity index (χ1n) is 15.4. The van der Waals surface area contributed by atoms with Crippen LogP contribution < -0.4 is 0 Å². The van der Waals surface area contributed by atoms with Crippen molar-refractivity contribution in [1.82, 2.24) is 0 Å². The van der Waals surface area contributed by atoms with Crippen molar-refractivity contribution in [1.29, 1.82) is 0 Å². The summed E-state index contributed by atoms with van der Waals surface area (Å²) < 4.78 is 18.2. The molecule has 7 nitrogen and oxygen atoms in total. The molecule has 1 N–H and O–H groups in total. The number of hydrogen-bond donors (Lipinski definition) is 1. The number of carbonyl (C=O) groups excluding carboxylic acids is 2. The average Bonchev–Trinajstić information content (AvgIpc) is 3.25. The van der Waals surface area contributed by atoms with E-state index in [0.717, 1.165) is 38.5 Å². The van der Waals surface area contributed by atoms with Crippen LogP contribution in [-0.4, -0.2) is 47.4 Å². The zero-order valence-electron chi connectivity index (χ0n) is 24.2. The van der Waals surface area contributed by atoms with Gasteiger partial charge in [-0.3, -0.25) is 14.4 Å². The van der Waals surface area contributed by atoms with Gasteiger partial charge in [0.2, 0.25) is 0 Å². The molecule has 2 spiro atoms. The molecule has 39 heavy (non-hydrogen) atoms. The first-order valence-corrected chi connectivity index (χ1v) is 15.4. The second-order valence-corrected chi connectivity index (χ2v) is 11.9. The third kappa shape index (κ3) is 8.75. The molecule has 3 atom stereocenters. The van der Waals surface area contributed by atoms with Crippen LogP contribution in [0.25, 0.3) is 0 Å². The lowest BCUT2D eigenvalue weighted by atomic mass is 9.65. The van der Waals surface area contributed by atoms with E-state index in [1.165, 1.54) is 44.3 Å². The Balaban J connectivity index is 1.62. The van der Waals surface area contributed by atoms with Gasteiger partial charge in [0.05, 0.1) is 25.0 Å². The van der Waals surface area contributed by atoms with Crippen molar-refractivity contribution in [3.05, 3.63) is 24.3 Å². The van der Waals surface area contributed by atoms with Gasteiger partial charge in [-0.15, -0.1) is 0 Å². The van der Waals surface area contributed by atoms with Gasteiger partial charge in [-0.1, -0.05) is 78.1 Å². The van der Waals surface area contributed by atoms with Crippen LogP contribution in [0.4, 0.5) is 0 Å². The van der Waals surface area contributed by atoms with Crippen molar-refractivity contribution in [2.45, 2.75) is 134 Å². The van der Waals surface area contributed by atoms with E-state index in [9.17, 15) is 19.5 Å². The van der Waals surface area contributed by atoms with Crippen molar-refractivity contribution in [2.75, 3.05) is 13.2 Å². The van der Waals surface area contributed by atoms with Crippen molar-refractivity contribution in [3.63, 3.8) is 0 Å². The van der Waals surface area contributed by atoms with Crippen LogP contribution in [-0.2, 0) is 28.6 Å². The van der Waals surface area contributed by atoms with Crippen LogP contribution in [0.3, 0.4) is 0 Å². The molecule has 3 unspecified atom stereocenters. The molecule has 0 aromatic carbocycles. The Morgan fingerprint density at radius 3 is 2.28 bits per heavy atom. The van der Waals surface area contributed by atoms with Gasteiger partial charge in [-0.05, 0) is 55.9 Å². The number of rotatable bonds is 17. The summed E-state index contributed by atoms with van der Waals surface area (Å²) in [6.07, 6.45) is 21.1. The van der Waals surface area contributed by atoms with Gasteiger partial charge in [-0.25, -0.2) is 0 Å². The normalized spacial score (nSPS) is 25.3. The maximum atomic E-state index is 13.0. The number of ketones is 1. The fraction of sp³-hybridized carbons (Fsp3) is 0.781. The average molecular weight is 547 g/mol. The van der Waals surface area contributed by atoms with Gasteiger partial charge in [-0.2, -0.15) is 0 Å². The van der Waals surface area contributed by atoms with Crippen molar-refractivity contribution < 1.29 is 33.7 Å². The lowest BCUT2D eigenvalue weighted by molar-refractivity contribution is -0.269. The van der Waals surface area contributed by atoms with Gasteiger partial charge in [0.15, 0.2) is 11.6 Å². The summed E-state index contributed by atoms with van der Waals surface area (Å²) in [5.41, 5.74) is -1.91. The van der Waals surface area contributed by atoms with Gasteiger partial charge in [0.1, 0.15) is 5.60 Å². The third-order valence-electron chi connectivity index (χ3n) is 8.88. The maximum Gasteiger partial charge on any atom is 0.310 e. The number of carboxylic acid groups (broad SMARTS) is 1. The number of carboxylic acids is 1. The van der Waals surface area contributed by atoms with Crippen LogP contribution in [0.1, 0.15) is 123 Å². The highest BCUT2D eigenvalue weighted by Gasteiger charge is 2.56. The van der Waals surface area contributed by atoms with Crippen molar-refractivity contribution in [3.8, 4) is 0 Å². The number of aliphatic carboxylic acids is 1. The molecule has 2 aliphatic heterocycles. The van der Waals surface area contributed by atoms with Gasteiger partial charge >= 0.3 is 11.9 Å². The molecule has 220 valence electrons. The standard InChI is InChI=1S/C32H50O7/c1-3-5-7-8-9-10-11-13-22-37-28(34)25-31(29(35)36,17-12-6-4-2)26-16-23-38-32(24-26)21-20-30(39-32)18-14-27(33)15-19-30/h14-15,18-19,26H,3-13,16-17,20-25H2,1-2H3,(H,35,36).